The number of aliphatic imine (C=N–C) groups is 1. The molecule has 1 fully saturated rings. The van der Waals surface area contributed by atoms with Gasteiger partial charge in [-0.3, -0.25) is 38.6 Å². The molecule has 7 amide bonds. The van der Waals surface area contributed by atoms with Crippen molar-refractivity contribution in [1.82, 2.24) is 52.1 Å². The molecule has 0 bridgehead atoms. The fourth-order valence-corrected chi connectivity index (χ4v) is 7.52. The van der Waals surface area contributed by atoms with Gasteiger partial charge >= 0.3 is 5.97 Å². The average molecular weight is 954 g/mol. The molecule has 2 heterocycles. The molecule has 23 heteroatoms. The van der Waals surface area contributed by atoms with E-state index in [9.17, 15) is 48.6 Å². The van der Waals surface area contributed by atoms with E-state index in [4.69, 9.17) is 11.5 Å². The van der Waals surface area contributed by atoms with Crippen molar-refractivity contribution in [2.75, 3.05) is 26.7 Å². The van der Waals surface area contributed by atoms with Crippen LogP contribution in [-0.2, 0) is 51.2 Å². The lowest BCUT2D eigenvalue weighted by atomic mass is 9.96. The Morgan fingerprint density at radius 1 is 0.868 bits per heavy atom. The minimum atomic E-state index is -1.67. The number of phenols is 1. The van der Waals surface area contributed by atoms with Gasteiger partial charge in [0.2, 0.25) is 41.4 Å². The highest BCUT2D eigenvalue weighted by Gasteiger charge is 2.41. The summed E-state index contributed by atoms with van der Waals surface area (Å²) in [5.74, 6) is -6.99. The van der Waals surface area contributed by atoms with Crippen molar-refractivity contribution in [3.63, 3.8) is 0 Å². The zero-order valence-corrected chi connectivity index (χ0v) is 40.0. The number of carboxylic acids is 1. The van der Waals surface area contributed by atoms with Crippen molar-refractivity contribution in [2.45, 2.75) is 135 Å². The second-order valence-corrected chi connectivity index (χ2v) is 17.7. The molecule has 0 saturated carbocycles. The number of rotatable bonds is 27. The van der Waals surface area contributed by atoms with Gasteiger partial charge in [0.15, 0.2) is 5.96 Å². The van der Waals surface area contributed by atoms with Crippen LogP contribution < -0.4 is 48.7 Å². The molecule has 14 N–H and O–H groups in total. The van der Waals surface area contributed by atoms with Gasteiger partial charge in [0, 0.05) is 37.8 Å². The van der Waals surface area contributed by atoms with E-state index in [0.717, 1.165) is 0 Å². The lowest BCUT2D eigenvalue weighted by Crippen LogP contribution is -2.63. The molecule has 1 aliphatic heterocycles. The van der Waals surface area contributed by atoms with Gasteiger partial charge in [-0.25, -0.2) is 9.78 Å². The monoisotopic (exact) mass is 954 g/mol. The van der Waals surface area contributed by atoms with Crippen LogP contribution >= 0.6 is 0 Å². The number of aromatic hydroxyl groups is 1. The summed E-state index contributed by atoms with van der Waals surface area (Å²) in [5, 5.41) is 38.7. The topological polar surface area (TPSA) is 358 Å². The van der Waals surface area contributed by atoms with Gasteiger partial charge in [0.1, 0.15) is 47.5 Å². The number of benzene rings is 1. The quantitative estimate of drug-likeness (QED) is 0.0280. The van der Waals surface area contributed by atoms with Gasteiger partial charge in [-0.05, 0) is 76.1 Å². The Morgan fingerprint density at radius 3 is 2.12 bits per heavy atom. The highest BCUT2D eigenvalue weighted by Crippen LogP contribution is 2.22. The number of amides is 7. The Hall–Kier alpha value is -6.78. The van der Waals surface area contributed by atoms with Crippen LogP contribution in [0.25, 0.3) is 0 Å². The molecule has 23 nitrogen and oxygen atoms in total. The van der Waals surface area contributed by atoms with E-state index in [-0.39, 0.29) is 62.9 Å². The highest BCUT2D eigenvalue weighted by atomic mass is 16.4. The number of carboxylic acid groups (broad SMARTS) is 1. The van der Waals surface area contributed by atoms with Gasteiger partial charge < -0.3 is 68.8 Å². The van der Waals surface area contributed by atoms with E-state index in [1.165, 1.54) is 43.4 Å². The number of guanidine groups is 1. The molecule has 0 radical (unpaired) electrons. The van der Waals surface area contributed by atoms with Gasteiger partial charge in [-0.15, -0.1) is 0 Å². The lowest BCUT2D eigenvalue weighted by Gasteiger charge is -2.32. The van der Waals surface area contributed by atoms with Crippen LogP contribution in [0.4, 0.5) is 0 Å². The van der Waals surface area contributed by atoms with E-state index in [2.05, 4.69) is 52.2 Å². The number of nitrogens with zero attached hydrogens (tertiary/aromatic N) is 3. The van der Waals surface area contributed by atoms with Crippen molar-refractivity contribution < 1.29 is 48.6 Å². The Balaban J connectivity index is 1.90. The van der Waals surface area contributed by atoms with E-state index in [1.807, 2.05) is 0 Å². The molecule has 1 aromatic carbocycles. The van der Waals surface area contributed by atoms with Gasteiger partial charge in [0.05, 0.1) is 12.9 Å². The molecule has 1 saturated heterocycles. The summed E-state index contributed by atoms with van der Waals surface area (Å²) in [6, 6.07) is -1.23. The Morgan fingerprint density at radius 2 is 1.53 bits per heavy atom. The first-order valence-electron chi connectivity index (χ1n) is 22.9. The minimum Gasteiger partial charge on any atom is -0.508 e. The molecule has 1 aliphatic rings. The molecular formula is C45H71N13O10. The molecule has 2 aromatic rings. The van der Waals surface area contributed by atoms with Crippen molar-refractivity contribution in [1.29, 1.82) is 0 Å². The number of likely N-dealkylation sites (tertiary alicyclic amines) is 1. The van der Waals surface area contributed by atoms with Crippen LogP contribution in [0.3, 0.4) is 0 Å². The molecular weight excluding hydrogens is 883 g/mol. The number of nitrogens with two attached hydrogens (primary N) is 2. The number of aromatic nitrogens is 2. The number of imidazole rings is 1. The summed E-state index contributed by atoms with van der Waals surface area (Å²) in [6.07, 6.45) is 4.71. The second-order valence-electron chi connectivity index (χ2n) is 17.7. The van der Waals surface area contributed by atoms with Crippen molar-refractivity contribution in [3.05, 3.63) is 48.0 Å². The molecule has 1 aromatic heterocycles. The smallest absolute Gasteiger partial charge is 0.326 e. The van der Waals surface area contributed by atoms with Crippen molar-refractivity contribution >= 4 is 53.3 Å². The van der Waals surface area contributed by atoms with Crippen molar-refractivity contribution in [3.8, 4) is 5.75 Å². The zero-order chi connectivity index (χ0) is 50.7. The SMILES string of the molecule is CC[C@H](C)[C@H](NC(=O)[C@@H]1CCCN1C(=O)[C@H](Cc1cnc[nH]1)NC(=O)[C@@H](NC(=O)[C@H](Cc1ccc(O)cc1)NC(=O)C(C)(C)NC(=O)[C@H](CCCN=C(N)N)NC(=O)CNC)[C@@H](C)CC)C(=O)O. The molecule has 8 atom stereocenters. The third kappa shape index (κ3) is 16.8. The lowest BCUT2D eigenvalue weighted by molar-refractivity contribution is -0.146. The predicted octanol–water partition coefficient (Wildman–Crippen LogP) is -1.34. The van der Waals surface area contributed by atoms with Gasteiger partial charge in [-0.1, -0.05) is 52.7 Å². The summed E-state index contributed by atoms with van der Waals surface area (Å²) in [5.41, 5.74) is 10.2. The molecule has 3 rings (SSSR count). The van der Waals surface area contributed by atoms with Crippen LogP contribution in [0.1, 0.15) is 91.3 Å². The molecule has 68 heavy (non-hydrogen) atoms. The maximum Gasteiger partial charge on any atom is 0.326 e. The number of hydrogen-bond acceptors (Lipinski definition) is 12. The third-order valence-corrected chi connectivity index (χ3v) is 11.9. The number of carbonyl (C=O) groups is 8. The maximum absolute atomic E-state index is 14.4. The standard InChI is InChI=1S/C45H71N13O10/c1-8-25(3)35(40(64)53-32(21-28-22-49-24-51-28)41(65)58-19-11-13-33(58)39(63)56-36(42(66)67)26(4)9-2)55-37(61)31(20-27-14-16-29(59)17-15-27)54-43(68)45(5,6)57-38(62)30(52-34(60)23-48-7)12-10-18-50-44(46)47/h14-17,22,24-26,30-33,35-36,48,59H,8-13,18-21,23H2,1-7H3,(H,49,51)(H,52,60)(H,53,64)(H,54,68)(H,55,61)(H,56,63)(H,57,62)(H,66,67)(H4,46,47,50)/t25-,26-,30-,31-,32-,33-,35-,36-/m0/s1. The van der Waals surface area contributed by atoms with Crippen LogP contribution in [0.15, 0.2) is 41.8 Å². The number of hydrogen-bond donors (Lipinski definition) is 12. The number of carbonyl (C=O) groups excluding carboxylic acids is 7. The van der Waals surface area contributed by atoms with E-state index < -0.39 is 95.0 Å². The van der Waals surface area contributed by atoms with Crippen LogP contribution in [-0.4, -0.2) is 147 Å². The molecule has 0 spiro atoms. The number of likely N-dealkylation sites (N-methyl/N-ethyl adjacent to an activating group) is 1. The number of aliphatic carboxylic acids is 1. The Kier molecular flexibility index (Phi) is 21.7. The second kappa shape index (κ2) is 26.5. The first kappa shape index (κ1) is 55.5. The first-order valence-corrected chi connectivity index (χ1v) is 22.9. The van der Waals surface area contributed by atoms with Crippen molar-refractivity contribution in [2.24, 2.45) is 28.3 Å². The fraction of sp³-hybridized carbons (Fsp3) is 0.600. The number of H-pyrrole nitrogens is 1. The first-order chi connectivity index (χ1) is 32.1. The zero-order valence-electron chi connectivity index (χ0n) is 40.0. The number of nitrogens with one attached hydrogen (secondary N) is 8. The fourth-order valence-electron chi connectivity index (χ4n) is 7.52. The highest BCUT2D eigenvalue weighted by molar-refractivity contribution is 5.98. The predicted molar refractivity (Wildman–Crippen MR) is 251 cm³/mol. The number of phenolic OH excluding ortho intramolecular Hbond substituents is 1. The largest absolute Gasteiger partial charge is 0.508 e. The van der Waals surface area contributed by atoms with E-state index in [1.54, 1.807) is 46.9 Å². The van der Waals surface area contributed by atoms with Gasteiger partial charge in [0.25, 0.3) is 0 Å². The summed E-state index contributed by atoms with van der Waals surface area (Å²) >= 11 is 0. The van der Waals surface area contributed by atoms with Crippen LogP contribution in [0, 0.1) is 11.8 Å². The Bertz CT molecular complexity index is 2060. The van der Waals surface area contributed by atoms with E-state index >= 15 is 0 Å². The third-order valence-electron chi connectivity index (χ3n) is 11.9. The average Bonchev–Trinajstić information content (AvgIpc) is 4.00. The minimum absolute atomic E-state index is 0.0403. The molecule has 0 aliphatic carbocycles. The van der Waals surface area contributed by atoms with E-state index in [0.29, 0.717) is 36.9 Å². The normalized spacial score (nSPS) is 16.6. The molecule has 0 unspecified atom stereocenters. The maximum atomic E-state index is 14.4. The van der Waals surface area contributed by atoms with Crippen LogP contribution in [0.5, 0.6) is 5.75 Å². The Labute approximate surface area is 396 Å². The summed E-state index contributed by atoms with van der Waals surface area (Å²) < 4.78 is 0. The summed E-state index contributed by atoms with van der Waals surface area (Å²) in [6.45, 7) is 10.1. The van der Waals surface area contributed by atoms with Gasteiger partial charge in [-0.2, -0.15) is 0 Å². The summed E-state index contributed by atoms with van der Waals surface area (Å²) in [7, 11) is 1.56. The summed E-state index contributed by atoms with van der Waals surface area (Å²) in [4.78, 5) is 121. The van der Waals surface area contributed by atoms with Crippen LogP contribution in [0.2, 0.25) is 0 Å². The molecule has 376 valence electrons. The number of aromatic amines is 1.